The molecule has 0 bridgehead atoms. The van der Waals surface area contributed by atoms with Gasteiger partial charge in [-0.25, -0.2) is 0 Å². The number of fused-ring (bicyclic) bond motifs is 5. The number of pyridine rings is 1. The van der Waals surface area contributed by atoms with E-state index in [1.807, 2.05) is 54.6 Å². The SMILES string of the molecule is O=c1c2cc(Br)ccc2n(-c2ccc(-c3cccc4c3oc3ccccc34)cc2)c2ccc(Br)cc12. The van der Waals surface area contributed by atoms with Crippen LogP contribution in [0.3, 0.4) is 0 Å². The van der Waals surface area contributed by atoms with E-state index in [-0.39, 0.29) is 5.43 Å². The van der Waals surface area contributed by atoms with Crippen LogP contribution in [0, 0.1) is 0 Å². The largest absolute Gasteiger partial charge is 0.455 e. The summed E-state index contributed by atoms with van der Waals surface area (Å²) in [5, 5.41) is 3.58. The van der Waals surface area contributed by atoms with Gasteiger partial charge in [0.05, 0.1) is 11.0 Å². The summed E-state index contributed by atoms with van der Waals surface area (Å²) >= 11 is 7.05. The quantitative estimate of drug-likeness (QED) is 0.187. The number of nitrogens with zero attached hydrogens (tertiary/aromatic N) is 1. The van der Waals surface area contributed by atoms with Crippen molar-refractivity contribution in [2.75, 3.05) is 0 Å². The molecule has 0 aliphatic heterocycles. The molecule has 5 aromatic carbocycles. The maximum atomic E-state index is 13.3. The molecule has 0 saturated heterocycles. The Morgan fingerprint density at radius 3 is 1.94 bits per heavy atom. The van der Waals surface area contributed by atoms with E-state index < -0.39 is 0 Å². The summed E-state index contributed by atoms with van der Waals surface area (Å²) in [5.74, 6) is 0. The lowest BCUT2D eigenvalue weighted by Gasteiger charge is -2.16. The summed E-state index contributed by atoms with van der Waals surface area (Å²) < 4.78 is 10.2. The molecule has 0 amide bonds. The van der Waals surface area contributed by atoms with Crippen LogP contribution in [0.25, 0.3) is 60.6 Å². The predicted molar refractivity (Wildman–Crippen MR) is 155 cm³/mol. The lowest BCUT2D eigenvalue weighted by atomic mass is 10.0. The Morgan fingerprint density at radius 1 is 0.611 bits per heavy atom. The maximum absolute atomic E-state index is 13.3. The number of rotatable bonds is 2. The van der Waals surface area contributed by atoms with Gasteiger partial charge in [-0.1, -0.05) is 80.4 Å². The van der Waals surface area contributed by atoms with Gasteiger partial charge in [0.15, 0.2) is 5.43 Å². The van der Waals surface area contributed by atoms with Gasteiger partial charge in [0, 0.05) is 41.7 Å². The first kappa shape index (κ1) is 21.6. The summed E-state index contributed by atoms with van der Waals surface area (Å²) in [5.41, 5.74) is 6.64. The molecule has 172 valence electrons. The van der Waals surface area contributed by atoms with Crippen molar-refractivity contribution in [1.29, 1.82) is 0 Å². The number of halogens is 2. The van der Waals surface area contributed by atoms with Crippen LogP contribution in [0.15, 0.2) is 121 Å². The Kier molecular flexibility index (Phi) is 4.91. The molecule has 7 aromatic rings. The third-order valence-corrected chi connectivity index (χ3v) is 7.72. The van der Waals surface area contributed by atoms with Gasteiger partial charge < -0.3 is 8.98 Å². The van der Waals surface area contributed by atoms with Gasteiger partial charge in [-0.2, -0.15) is 0 Å². The standard InChI is InChI=1S/C31H17Br2NO2/c32-19-10-14-27-25(16-19)30(35)26-17-20(33)11-15-28(26)34(27)21-12-8-18(9-13-21)22-5-3-6-24-23-4-1-2-7-29(23)36-31(22)24/h1-17H. The van der Waals surface area contributed by atoms with Crippen molar-refractivity contribution in [3.63, 3.8) is 0 Å². The zero-order valence-electron chi connectivity index (χ0n) is 18.8. The van der Waals surface area contributed by atoms with Gasteiger partial charge in [-0.05, 0) is 60.2 Å². The first-order chi connectivity index (χ1) is 17.6. The van der Waals surface area contributed by atoms with E-state index in [9.17, 15) is 4.79 Å². The second kappa shape index (κ2) is 8.19. The summed E-state index contributed by atoms with van der Waals surface area (Å²) in [6.07, 6.45) is 0. The minimum atomic E-state index is 0.0204. The van der Waals surface area contributed by atoms with Crippen molar-refractivity contribution < 1.29 is 4.42 Å². The van der Waals surface area contributed by atoms with Gasteiger partial charge in [0.25, 0.3) is 0 Å². The highest BCUT2D eigenvalue weighted by Crippen LogP contribution is 2.36. The molecule has 0 atom stereocenters. The minimum Gasteiger partial charge on any atom is -0.455 e. The Hall–Kier alpha value is -3.67. The van der Waals surface area contributed by atoms with E-state index in [0.717, 1.165) is 58.7 Å². The van der Waals surface area contributed by atoms with E-state index in [4.69, 9.17) is 4.42 Å². The monoisotopic (exact) mass is 593 g/mol. The van der Waals surface area contributed by atoms with Gasteiger partial charge in [-0.15, -0.1) is 0 Å². The van der Waals surface area contributed by atoms with Crippen molar-refractivity contribution in [1.82, 2.24) is 4.57 Å². The number of hydrogen-bond donors (Lipinski definition) is 0. The van der Waals surface area contributed by atoms with E-state index in [0.29, 0.717) is 10.8 Å². The third-order valence-electron chi connectivity index (χ3n) is 6.73. The van der Waals surface area contributed by atoms with Crippen molar-refractivity contribution in [3.8, 4) is 16.8 Å². The van der Waals surface area contributed by atoms with Crippen LogP contribution in [-0.2, 0) is 0 Å². The van der Waals surface area contributed by atoms with Crippen molar-refractivity contribution >= 4 is 75.6 Å². The summed E-state index contributed by atoms with van der Waals surface area (Å²) in [6, 6.07) is 34.6. The molecular formula is C31H17Br2NO2. The van der Waals surface area contributed by atoms with Crippen LogP contribution in [0.5, 0.6) is 0 Å². The van der Waals surface area contributed by atoms with Gasteiger partial charge in [0.1, 0.15) is 11.2 Å². The average Bonchev–Trinajstić information content (AvgIpc) is 3.29. The molecule has 2 heterocycles. The number of aromatic nitrogens is 1. The second-order valence-corrected chi connectivity index (χ2v) is 10.6. The number of benzene rings is 5. The fourth-order valence-electron chi connectivity index (χ4n) is 5.09. The first-order valence-electron chi connectivity index (χ1n) is 11.5. The third kappa shape index (κ3) is 3.27. The predicted octanol–water partition coefficient (Wildman–Crippen LogP) is 9.24. The lowest BCUT2D eigenvalue weighted by Crippen LogP contribution is -2.10. The van der Waals surface area contributed by atoms with Crippen molar-refractivity contribution in [2.45, 2.75) is 0 Å². The fraction of sp³-hybridized carbons (Fsp3) is 0. The Morgan fingerprint density at radius 2 is 1.25 bits per heavy atom. The number of hydrogen-bond acceptors (Lipinski definition) is 2. The van der Waals surface area contributed by atoms with Crippen LogP contribution < -0.4 is 5.43 Å². The van der Waals surface area contributed by atoms with E-state index >= 15 is 0 Å². The summed E-state index contributed by atoms with van der Waals surface area (Å²) in [6.45, 7) is 0. The number of para-hydroxylation sites is 2. The summed E-state index contributed by atoms with van der Waals surface area (Å²) in [4.78, 5) is 13.3. The molecule has 0 aliphatic rings. The van der Waals surface area contributed by atoms with Crippen LogP contribution in [0.1, 0.15) is 0 Å². The Bertz CT molecular complexity index is 1970. The normalized spacial score (nSPS) is 11.7. The Labute approximate surface area is 222 Å². The maximum Gasteiger partial charge on any atom is 0.197 e. The molecule has 5 heteroatoms. The molecule has 7 rings (SSSR count). The van der Waals surface area contributed by atoms with E-state index in [1.54, 1.807) is 0 Å². The minimum absolute atomic E-state index is 0.0204. The molecule has 36 heavy (non-hydrogen) atoms. The van der Waals surface area contributed by atoms with Crippen LogP contribution in [0.4, 0.5) is 0 Å². The second-order valence-electron chi connectivity index (χ2n) is 8.81. The molecule has 0 fully saturated rings. The van der Waals surface area contributed by atoms with Crippen LogP contribution in [0.2, 0.25) is 0 Å². The van der Waals surface area contributed by atoms with E-state index in [2.05, 4.69) is 85.0 Å². The highest BCUT2D eigenvalue weighted by atomic mass is 79.9. The van der Waals surface area contributed by atoms with Crippen molar-refractivity contribution in [2.24, 2.45) is 0 Å². The van der Waals surface area contributed by atoms with Gasteiger partial charge in [-0.3, -0.25) is 4.79 Å². The zero-order chi connectivity index (χ0) is 24.4. The molecule has 0 spiro atoms. The first-order valence-corrected chi connectivity index (χ1v) is 13.1. The molecule has 2 aromatic heterocycles. The van der Waals surface area contributed by atoms with Crippen molar-refractivity contribution in [3.05, 3.63) is 122 Å². The molecule has 0 radical (unpaired) electrons. The molecule has 0 aliphatic carbocycles. The molecule has 3 nitrogen and oxygen atoms in total. The highest BCUT2D eigenvalue weighted by molar-refractivity contribution is 9.10. The lowest BCUT2D eigenvalue weighted by molar-refractivity contribution is 0.670. The van der Waals surface area contributed by atoms with Crippen LogP contribution in [-0.4, -0.2) is 4.57 Å². The molecule has 0 unspecified atom stereocenters. The Balaban J connectivity index is 1.46. The number of furan rings is 1. The smallest absolute Gasteiger partial charge is 0.197 e. The van der Waals surface area contributed by atoms with E-state index in [1.165, 1.54) is 0 Å². The average molecular weight is 595 g/mol. The zero-order valence-corrected chi connectivity index (χ0v) is 22.0. The van der Waals surface area contributed by atoms with Gasteiger partial charge in [0.2, 0.25) is 0 Å². The highest BCUT2D eigenvalue weighted by Gasteiger charge is 2.15. The molecule has 0 N–H and O–H groups in total. The fourth-order valence-corrected chi connectivity index (χ4v) is 5.81. The molecular weight excluding hydrogens is 578 g/mol. The topological polar surface area (TPSA) is 35.1 Å². The summed E-state index contributed by atoms with van der Waals surface area (Å²) in [7, 11) is 0. The molecule has 0 saturated carbocycles. The van der Waals surface area contributed by atoms with Crippen LogP contribution >= 0.6 is 31.9 Å². The van der Waals surface area contributed by atoms with Gasteiger partial charge >= 0.3 is 0 Å².